The van der Waals surface area contributed by atoms with Gasteiger partial charge in [0.2, 0.25) is 0 Å². The van der Waals surface area contributed by atoms with Gasteiger partial charge >= 0.3 is 0 Å². The number of carbonyl (C=O) groups is 1. The standard InChI is InChI=1S/C24H23ClN4O2/c1-3-4-5-16-6-10-19(11-7-16)29-27-21-12-9-18(15-22(21)28-29)26-24(30)20-14-17(25)8-13-23(20)31-2/h6-15H,3-5H2,1-2H3,(H,26,30). The molecule has 6 nitrogen and oxygen atoms in total. The number of unbranched alkanes of at least 4 members (excludes halogenated alkanes) is 1. The molecule has 4 rings (SSSR count). The van der Waals surface area contributed by atoms with Crippen molar-refractivity contribution in [2.24, 2.45) is 0 Å². The molecule has 0 atom stereocenters. The first-order valence-electron chi connectivity index (χ1n) is 10.2. The number of rotatable bonds is 7. The van der Waals surface area contributed by atoms with Crippen LogP contribution in [0.4, 0.5) is 5.69 Å². The van der Waals surface area contributed by atoms with Gasteiger partial charge in [-0.2, -0.15) is 4.80 Å². The molecule has 0 aliphatic carbocycles. The summed E-state index contributed by atoms with van der Waals surface area (Å²) in [5, 5.41) is 12.5. The second kappa shape index (κ2) is 9.18. The molecule has 1 heterocycles. The average molecular weight is 435 g/mol. The summed E-state index contributed by atoms with van der Waals surface area (Å²) in [5.41, 5.74) is 4.61. The number of aryl methyl sites for hydroxylation is 1. The molecule has 1 amide bonds. The van der Waals surface area contributed by atoms with E-state index in [2.05, 4.69) is 34.6 Å². The van der Waals surface area contributed by atoms with Crippen LogP contribution in [0, 0.1) is 0 Å². The van der Waals surface area contributed by atoms with Crippen LogP contribution in [0.1, 0.15) is 35.7 Å². The highest BCUT2D eigenvalue weighted by molar-refractivity contribution is 6.31. The number of ether oxygens (including phenoxy) is 1. The van der Waals surface area contributed by atoms with Gasteiger partial charge in [-0.05, 0) is 66.9 Å². The van der Waals surface area contributed by atoms with E-state index in [9.17, 15) is 4.79 Å². The van der Waals surface area contributed by atoms with E-state index < -0.39 is 0 Å². The minimum Gasteiger partial charge on any atom is -0.496 e. The Morgan fingerprint density at radius 2 is 1.81 bits per heavy atom. The fourth-order valence-electron chi connectivity index (χ4n) is 3.34. The second-order valence-electron chi connectivity index (χ2n) is 7.26. The zero-order chi connectivity index (χ0) is 21.8. The van der Waals surface area contributed by atoms with E-state index in [1.807, 2.05) is 18.2 Å². The lowest BCUT2D eigenvalue weighted by Gasteiger charge is -2.09. The molecule has 0 aliphatic heterocycles. The molecule has 4 aromatic rings. The van der Waals surface area contributed by atoms with Crippen LogP contribution in [0.2, 0.25) is 5.02 Å². The summed E-state index contributed by atoms with van der Waals surface area (Å²) < 4.78 is 5.27. The lowest BCUT2D eigenvalue weighted by Crippen LogP contribution is -2.13. The molecule has 3 aromatic carbocycles. The third-order valence-corrected chi connectivity index (χ3v) is 5.27. The van der Waals surface area contributed by atoms with Crippen LogP contribution in [0.3, 0.4) is 0 Å². The number of halogens is 1. The molecule has 0 radical (unpaired) electrons. The van der Waals surface area contributed by atoms with E-state index in [0.29, 0.717) is 27.5 Å². The normalized spacial score (nSPS) is 10.9. The van der Waals surface area contributed by atoms with Crippen molar-refractivity contribution in [1.82, 2.24) is 15.0 Å². The van der Waals surface area contributed by atoms with Gasteiger partial charge in [0.15, 0.2) is 0 Å². The lowest BCUT2D eigenvalue weighted by atomic mass is 10.1. The van der Waals surface area contributed by atoms with E-state index in [1.165, 1.54) is 25.5 Å². The lowest BCUT2D eigenvalue weighted by molar-refractivity contribution is 0.102. The topological polar surface area (TPSA) is 69.0 Å². The Labute approximate surface area is 185 Å². The summed E-state index contributed by atoms with van der Waals surface area (Å²) >= 11 is 6.04. The SMILES string of the molecule is CCCCc1ccc(-n2nc3ccc(NC(=O)c4cc(Cl)ccc4OC)cc3n2)cc1. The first-order valence-corrected chi connectivity index (χ1v) is 10.6. The molecule has 0 fully saturated rings. The van der Waals surface area contributed by atoms with Crippen molar-refractivity contribution in [2.45, 2.75) is 26.2 Å². The number of amides is 1. The quantitative estimate of drug-likeness (QED) is 0.406. The zero-order valence-electron chi connectivity index (χ0n) is 17.4. The van der Waals surface area contributed by atoms with Gasteiger partial charge in [0, 0.05) is 10.7 Å². The Kier molecular flexibility index (Phi) is 6.18. The highest BCUT2D eigenvalue weighted by atomic mass is 35.5. The second-order valence-corrected chi connectivity index (χ2v) is 7.70. The molecular formula is C24H23ClN4O2. The fraction of sp³-hybridized carbons (Fsp3) is 0.208. The van der Waals surface area contributed by atoms with Crippen molar-refractivity contribution < 1.29 is 9.53 Å². The van der Waals surface area contributed by atoms with Crippen molar-refractivity contribution in [1.29, 1.82) is 0 Å². The molecule has 0 aliphatic rings. The number of benzene rings is 3. The molecule has 1 N–H and O–H groups in total. The number of anilines is 1. The predicted octanol–water partition coefficient (Wildman–Crippen LogP) is 5.68. The third-order valence-electron chi connectivity index (χ3n) is 5.03. The van der Waals surface area contributed by atoms with Crippen LogP contribution >= 0.6 is 11.6 Å². The minimum atomic E-state index is -0.311. The summed E-state index contributed by atoms with van der Waals surface area (Å²) in [6.45, 7) is 2.19. The molecule has 0 unspecified atom stereocenters. The maximum atomic E-state index is 12.7. The Balaban J connectivity index is 1.55. The summed E-state index contributed by atoms with van der Waals surface area (Å²) in [7, 11) is 1.51. The largest absolute Gasteiger partial charge is 0.496 e. The molecule has 31 heavy (non-hydrogen) atoms. The maximum absolute atomic E-state index is 12.7. The first kappa shape index (κ1) is 20.9. The number of nitrogens with one attached hydrogen (secondary N) is 1. The van der Waals surface area contributed by atoms with E-state index in [0.717, 1.165) is 17.6 Å². The van der Waals surface area contributed by atoms with Crippen molar-refractivity contribution in [2.75, 3.05) is 12.4 Å². The third kappa shape index (κ3) is 4.70. The van der Waals surface area contributed by atoms with E-state index in [-0.39, 0.29) is 5.91 Å². The van der Waals surface area contributed by atoms with Gasteiger partial charge < -0.3 is 10.1 Å². The van der Waals surface area contributed by atoms with Crippen molar-refractivity contribution in [3.05, 3.63) is 76.8 Å². The average Bonchev–Trinajstić information content (AvgIpc) is 3.21. The van der Waals surface area contributed by atoms with Crippen LogP contribution in [-0.4, -0.2) is 28.0 Å². The van der Waals surface area contributed by atoms with Gasteiger partial charge in [0.05, 0.1) is 18.4 Å². The fourth-order valence-corrected chi connectivity index (χ4v) is 3.51. The summed E-state index contributed by atoms with van der Waals surface area (Å²) in [4.78, 5) is 14.3. The monoisotopic (exact) mass is 434 g/mol. The molecule has 0 bridgehead atoms. The molecule has 0 spiro atoms. The van der Waals surface area contributed by atoms with Gasteiger partial charge in [0.1, 0.15) is 16.8 Å². The van der Waals surface area contributed by atoms with Gasteiger partial charge in [-0.3, -0.25) is 4.79 Å². The zero-order valence-corrected chi connectivity index (χ0v) is 18.2. The van der Waals surface area contributed by atoms with E-state index in [4.69, 9.17) is 16.3 Å². The summed E-state index contributed by atoms with van der Waals surface area (Å²) in [6, 6.07) is 18.6. The number of carbonyl (C=O) groups excluding carboxylic acids is 1. The van der Waals surface area contributed by atoms with Gasteiger partial charge in [0.25, 0.3) is 5.91 Å². The predicted molar refractivity (Wildman–Crippen MR) is 123 cm³/mol. The smallest absolute Gasteiger partial charge is 0.259 e. The summed E-state index contributed by atoms with van der Waals surface area (Å²) in [5.74, 6) is 0.144. The Morgan fingerprint density at radius 1 is 1.03 bits per heavy atom. The Hall–Kier alpha value is -3.38. The number of fused-ring (bicyclic) bond motifs is 1. The number of methoxy groups -OCH3 is 1. The number of hydrogen-bond acceptors (Lipinski definition) is 4. The van der Waals surface area contributed by atoms with Crippen molar-refractivity contribution >= 4 is 34.2 Å². The minimum absolute atomic E-state index is 0.311. The Morgan fingerprint density at radius 3 is 2.55 bits per heavy atom. The molecular weight excluding hydrogens is 412 g/mol. The molecule has 1 aromatic heterocycles. The van der Waals surface area contributed by atoms with Crippen LogP contribution in [0.5, 0.6) is 5.75 Å². The molecule has 7 heteroatoms. The first-order chi connectivity index (χ1) is 15.1. The van der Waals surface area contributed by atoms with Gasteiger partial charge in [-0.15, -0.1) is 10.2 Å². The highest BCUT2D eigenvalue weighted by Crippen LogP contribution is 2.25. The van der Waals surface area contributed by atoms with E-state index >= 15 is 0 Å². The number of aromatic nitrogens is 3. The highest BCUT2D eigenvalue weighted by Gasteiger charge is 2.14. The summed E-state index contributed by atoms with van der Waals surface area (Å²) in [6.07, 6.45) is 3.43. The van der Waals surface area contributed by atoms with Crippen molar-refractivity contribution in [3.63, 3.8) is 0 Å². The van der Waals surface area contributed by atoms with Crippen LogP contribution < -0.4 is 10.1 Å². The van der Waals surface area contributed by atoms with Crippen LogP contribution in [-0.2, 0) is 6.42 Å². The van der Waals surface area contributed by atoms with Gasteiger partial charge in [-0.1, -0.05) is 37.1 Å². The van der Waals surface area contributed by atoms with E-state index in [1.54, 1.807) is 35.1 Å². The maximum Gasteiger partial charge on any atom is 0.259 e. The van der Waals surface area contributed by atoms with Gasteiger partial charge in [-0.25, -0.2) is 0 Å². The molecule has 0 saturated heterocycles. The number of hydrogen-bond donors (Lipinski definition) is 1. The van der Waals surface area contributed by atoms with Crippen LogP contribution in [0.25, 0.3) is 16.7 Å². The van der Waals surface area contributed by atoms with Crippen LogP contribution in [0.15, 0.2) is 60.7 Å². The number of nitrogens with zero attached hydrogens (tertiary/aromatic N) is 3. The van der Waals surface area contributed by atoms with Crippen molar-refractivity contribution in [3.8, 4) is 11.4 Å². The Bertz CT molecular complexity index is 1220. The molecule has 0 saturated carbocycles. The molecule has 158 valence electrons.